The number of hydrogen-bond acceptors (Lipinski definition) is 11. The van der Waals surface area contributed by atoms with E-state index >= 15 is 0 Å². The van der Waals surface area contributed by atoms with Gasteiger partial charge in [-0.3, -0.25) is 14.5 Å². The van der Waals surface area contributed by atoms with Crippen LogP contribution in [0.4, 0.5) is 5.13 Å². The van der Waals surface area contributed by atoms with Gasteiger partial charge in [0.15, 0.2) is 10.8 Å². The Hall–Kier alpha value is -3.23. The van der Waals surface area contributed by atoms with Crippen molar-refractivity contribution >= 4 is 57.7 Å². The van der Waals surface area contributed by atoms with E-state index in [1.807, 2.05) is 0 Å². The third kappa shape index (κ3) is 7.15. The van der Waals surface area contributed by atoms with Crippen LogP contribution in [0.2, 0.25) is 0 Å². The summed E-state index contributed by atoms with van der Waals surface area (Å²) in [6.45, 7) is 13.5. The Morgan fingerprint density at radius 2 is 2.00 bits per heavy atom. The number of carboxylic acids is 1. The molecule has 2 amide bonds. The summed E-state index contributed by atoms with van der Waals surface area (Å²) >= 11 is 2.31. The highest BCUT2D eigenvalue weighted by Crippen LogP contribution is 2.40. The van der Waals surface area contributed by atoms with Gasteiger partial charge in [0.05, 0.1) is 23.8 Å². The summed E-state index contributed by atoms with van der Waals surface area (Å²) in [5, 5.41) is 20.7. The number of fused-ring (bicyclic) bond motifs is 1. The minimum absolute atomic E-state index is 0.0652. The van der Waals surface area contributed by atoms with E-state index in [1.54, 1.807) is 0 Å². The number of nitrogens with two attached hydrogens (primary N) is 2. The zero-order chi connectivity index (χ0) is 27.2. The van der Waals surface area contributed by atoms with Crippen molar-refractivity contribution in [2.45, 2.75) is 58.1 Å². The average molecular weight is 539 g/mol. The summed E-state index contributed by atoms with van der Waals surface area (Å²) in [4.78, 5) is 57.2. The van der Waals surface area contributed by atoms with Gasteiger partial charge < -0.3 is 31.1 Å². The van der Waals surface area contributed by atoms with Gasteiger partial charge in [-0.1, -0.05) is 17.8 Å². The van der Waals surface area contributed by atoms with Crippen LogP contribution in [0.3, 0.4) is 0 Å². The van der Waals surface area contributed by atoms with Crippen LogP contribution in [0.15, 0.2) is 34.5 Å². The maximum Gasteiger partial charge on any atom is 0.332 e. The Morgan fingerprint density at radius 1 is 1.36 bits per heavy atom. The second-order valence-corrected chi connectivity index (χ2v) is 10.5. The predicted octanol–water partition coefficient (Wildman–Crippen LogP) is -1.05. The molecule has 0 bridgehead atoms. The number of anilines is 1. The molecule has 36 heavy (non-hydrogen) atoms. The summed E-state index contributed by atoms with van der Waals surface area (Å²) in [5.41, 5.74) is 5.38. The van der Waals surface area contributed by atoms with Gasteiger partial charge in [0.1, 0.15) is 17.1 Å². The Morgan fingerprint density at radius 3 is 2.44 bits per heavy atom. The van der Waals surface area contributed by atoms with Crippen molar-refractivity contribution in [3.8, 4) is 0 Å². The number of rotatable bonds is 8. The number of thiazole rings is 1. The maximum atomic E-state index is 12.7. The fraction of sp³-hybridized carbons (Fsp3) is 0.455. The van der Waals surface area contributed by atoms with E-state index in [9.17, 15) is 24.3 Å². The molecule has 3 rings (SSSR count). The molecule has 0 saturated carbocycles. The normalized spacial score (nSPS) is 19.2. The number of oxime groups is 1. The first-order valence-corrected chi connectivity index (χ1v) is 12.9. The van der Waals surface area contributed by atoms with Crippen LogP contribution in [0.1, 0.15) is 40.3 Å². The number of nitrogens with zero attached hydrogens (tertiary/aromatic N) is 3. The molecule has 5 N–H and O–H groups in total. The molecule has 2 atom stereocenters. The van der Waals surface area contributed by atoms with Gasteiger partial charge in [-0.25, -0.2) is 9.78 Å². The average Bonchev–Trinajstić information content (AvgIpc) is 3.21. The minimum Gasteiger partial charge on any atom is -0.543 e. The van der Waals surface area contributed by atoms with Gasteiger partial charge in [0.2, 0.25) is 0 Å². The lowest BCUT2D eigenvalue weighted by Crippen LogP contribution is -2.92. The zero-order valence-corrected chi connectivity index (χ0v) is 22.3. The first-order valence-electron chi connectivity index (χ1n) is 11.0. The van der Waals surface area contributed by atoms with Crippen LogP contribution < -0.4 is 21.5 Å². The van der Waals surface area contributed by atoms with Gasteiger partial charge in [-0.05, 0) is 33.3 Å². The van der Waals surface area contributed by atoms with Crippen molar-refractivity contribution in [3.63, 3.8) is 0 Å². The molecule has 196 valence electrons. The second kappa shape index (κ2) is 12.6. The number of carboxylic acid groups (broad SMARTS) is 1. The van der Waals surface area contributed by atoms with E-state index in [-0.39, 0.29) is 28.0 Å². The van der Waals surface area contributed by atoms with Crippen LogP contribution in [-0.4, -0.2) is 68.6 Å². The number of nitrogen functional groups attached to an aromatic ring is 1. The first kappa shape index (κ1) is 29.0. The largest absolute Gasteiger partial charge is 0.543 e. The highest BCUT2D eigenvalue weighted by atomic mass is 32.2. The summed E-state index contributed by atoms with van der Waals surface area (Å²) in [6, 6.07) is 0.492. The van der Waals surface area contributed by atoms with Gasteiger partial charge in [-0.15, -0.1) is 23.1 Å². The van der Waals surface area contributed by atoms with Crippen molar-refractivity contribution in [2.24, 2.45) is 5.16 Å². The topological polar surface area (TPSA) is 184 Å². The fourth-order valence-corrected chi connectivity index (χ4v) is 5.37. The lowest BCUT2D eigenvalue weighted by Gasteiger charge is -2.50. The van der Waals surface area contributed by atoms with Crippen LogP contribution in [0.25, 0.3) is 0 Å². The molecule has 0 radical (unpaired) electrons. The molecule has 1 saturated heterocycles. The molecule has 0 aliphatic carbocycles. The van der Waals surface area contributed by atoms with Gasteiger partial charge in [-0.2, -0.15) is 0 Å². The molecule has 0 unspecified atom stereocenters. The van der Waals surface area contributed by atoms with E-state index in [1.165, 1.54) is 23.2 Å². The summed E-state index contributed by atoms with van der Waals surface area (Å²) in [7, 11) is 0. The number of thioether (sulfide) groups is 1. The van der Waals surface area contributed by atoms with Gasteiger partial charge in [0.25, 0.3) is 11.8 Å². The molecule has 1 fully saturated rings. The molecule has 0 aromatic carbocycles. The van der Waals surface area contributed by atoms with Crippen molar-refractivity contribution in [1.82, 2.24) is 15.2 Å². The third-order valence-electron chi connectivity index (χ3n) is 4.74. The Kier molecular flexibility index (Phi) is 10.2. The van der Waals surface area contributed by atoms with Crippen LogP contribution >= 0.6 is 23.1 Å². The SMILES string of the molecule is C=CC1=C(C(=O)[O-])N2C(=O)[C@@H](NC(=O)/C(=N\OC(C)=O)c3csc(N)n3)[C@H]2SC1.CC(C)[NH2+]C(C)C. The molecule has 2 aliphatic heterocycles. The van der Waals surface area contributed by atoms with E-state index < -0.39 is 35.2 Å². The summed E-state index contributed by atoms with van der Waals surface area (Å²) in [5.74, 6) is -3.43. The first-order chi connectivity index (χ1) is 16.9. The monoisotopic (exact) mass is 538 g/mol. The van der Waals surface area contributed by atoms with E-state index in [0.29, 0.717) is 5.57 Å². The fourth-order valence-electron chi connectivity index (χ4n) is 3.48. The van der Waals surface area contributed by atoms with Crippen molar-refractivity contribution in [3.05, 3.63) is 35.0 Å². The molecular weight excluding hydrogens is 508 g/mol. The quantitative estimate of drug-likeness (QED) is 0.161. The summed E-state index contributed by atoms with van der Waals surface area (Å²) < 4.78 is 0. The van der Waals surface area contributed by atoms with Gasteiger partial charge in [0, 0.05) is 18.1 Å². The highest BCUT2D eigenvalue weighted by molar-refractivity contribution is 8.00. The number of allylic oxidation sites excluding steroid dienone is 1. The van der Waals surface area contributed by atoms with E-state index in [2.05, 4.69) is 59.9 Å². The molecule has 12 nitrogen and oxygen atoms in total. The number of hydrogen-bond donors (Lipinski definition) is 3. The minimum atomic E-state index is -1.50. The number of β-lactam (4-membered cyclic amide) rings is 1. The highest BCUT2D eigenvalue weighted by Gasteiger charge is 2.53. The molecule has 1 aromatic heterocycles. The van der Waals surface area contributed by atoms with Crippen LogP contribution in [0.5, 0.6) is 0 Å². The molecule has 14 heteroatoms. The number of quaternary nitrogens is 1. The molecule has 2 aliphatic rings. The standard InChI is InChI=1S/C16H15N5O6S2.C6H15N/c1-3-7-4-28-14-10(13(24)21(14)11(7)15(25)26)19-12(23)9(20-27-6(2)22)8-5-29-16(17)18-8;1-5(2)7-6(3)4/h3,5,10,14H,1,4H2,2H3,(H2,17,18)(H,19,23)(H,25,26);5-7H,1-4H3/b20-9-;/t10-,14-;/m1./s1. The maximum absolute atomic E-state index is 12.7. The lowest BCUT2D eigenvalue weighted by atomic mass is 10.0. The number of aliphatic carboxylic acids is 1. The number of carbonyl (C=O) groups excluding carboxylic acids is 4. The Balaban J connectivity index is 0.000000572. The molecule has 1 aromatic rings. The van der Waals surface area contributed by atoms with Crippen LogP contribution in [-0.2, 0) is 24.0 Å². The smallest absolute Gasteiger partial charge is 0.332 e. The van der Waals surface area contributed by atoms with Crippen molar-refractivity contribution in [1.29, 1.82) is 0 Å². The Labute approximate surface area is 217 Å². The number of carbonyl (C=O) groups is 4. The number of nitrogens with one attached hydrogen (secondary N) is 1. The summed E-state index contributed by atoms with van der Waals surface area (Å²) in [6.07, 6.45) is 1.35. The number of aromatic nitrogens is 1. The van der Waals surface area contributed by atoms with Gasteiger partial charge >= 0.3 is 5.97 Å². The number of amides is 2. The zero-order valence-electron chi connectivity index (χ0n) is 20.6. The Bertz CT molecular complexity index is 1090. The van der Waals surface area contributed by atoms with E-state index in [0.717, 1.165) is 35.2 Å². The predicted molar refractivity (Wildman–Crippen MR) is 134 cm³/mol. The second-order valence-electron chi connectivity index (χ2n) is 8.50. The third-order valence-corrected chi connectivity index (χ3v) is 6.72. The van der Waals surface area contributed by atoms with Crippen molar-refractivity contribution < 1.29 is 34.4 Å². The molecular formula is C22H30N6O6S2. The van der Waals surface area contributed by atoms with E-state index in [4.69, 9.17) is 5.73 Å². The van der Waals surface area contributed by atoms with Crippen molar-refractivity contribution in [2.75, 3.05) is 11.5 Å². The molecule has 3 heterocycles. The molecule has 0 spiro atoms. The van der Waals surface area contributed by atoms with Crippen LogP contribution in [0, 0.1) is 0 Å². The lowest BCUT2D eigenvalue weighted by molar-refractivity contribution is -0.709.